The van der Waals surface area contributed by atoms with Crippen LogP contribution in [0.4, 0.5) is 19.6 Å². The van der Waals surface area contributed by atoms with E-state index in [1.807, 2.05) is 0 Å². The van der Waals surface area contributed by atoms with Crippen LogP contribution < -0.4 is 5.32 Å². The van der Waals surface area contributed by atoms with E-state index in [-0.39, 0.29) is 15.7 Å². The minimum Gasteiger partial charge on any atom is -0.476 e. The van der Waals surface area contributed by atoms with Crippen LogP contribution in [0.25, 0.3) is 0 Å². The second-order valence-electron chi connectivity index (χ2n) is 3.81. The van der Waals surface area contributed by atoms with E-state index in [1.54, 1.807) is 0 Å². The Labute approximate surface area is 115 Å². The van der Waals surface area contributed by atoms with Crippen molar-refractivity contribution in [1.29, 1.82) is 0 Å². The third-order valence-electron chi connectivity index (χ3n) is 2.32. The predicted octanol–water partition coefficient (Wildman–Crippen LogP) is 3.07. The summed E-state index contributed by atoms with van der Waals surface area (Å²) in [7, 11) is 0. The molecule has 0 saturated heterocycles. The lowest BCUT2D eigenvalue weighted by Crippen LogP contribution is -2.03. The van der Waals surface area contributed by atoms with Crippen LogP contribution in [-0.4, -0.2) is 21.8 Å². The minimum atomic E-state index is -1.36. The number of Topliss-reactive ketones (excluding diaryl/α,β-unsaturated/α-hetero) is 1. The van der Waals surface area contributed by atoms with Gasteiger partial charge in [-0.2, -0.15) is 0 Å². The average Bonchev–Trinajstić information content (AvgIpc) is 2.78. The molecule has 5 nitrogen and oxygen atoms in total. The van der Waals surface area contributed by atoms with E-state index in [1.165, 1.54) is 6.92 Å². The first-order valence-corrected chi connectivity index (χ1v) is 6.17. The summed E-state index contributed by atoms with van der Waals surface area (Å²) in [6.07, 6.45) is 0. The lowest BCUT2D eigenvalue weighted by Gasteiger charge is -2.03. The number of aromatic nitrogens is 1. The number of carbonyl (C=O) groups is 2. The summed E-state index contributed by atoms with van der Waals surface area (Å²) < 4.78 is 26.5. The lowest BCUT2D eigenvalue weighted by atomic mass is 10.3. The van der Waals surface area contributed by atoms with Crippen LogP contribution in [0.1, 0.15) is 27.1 Å². The van der Waals surface area contributed by atoms with Crippen molar-refractivity contribution in [3.05, 3.63) is 40.4 Å². The number of benzene rings is 1. The number of carboxylic acid groups (broad SMARTS) is 1. The van der Waals surface area contributed by atoms with Crippen LogP contribution in [0.5, 0.6) is 0 Å². The molecule has 104 valence electrons. The molecule has 0 fully saturated rings. The van der Waals surface area contributed by atoms with Crippen LogP contribution >= 0.6 is 11.3 Å². The second kappa shape index (κ2) is 5.33. The summed E-state index contributed by atoms with van der Waals surface area (Å²) >= 11 is 0.764. The highest BCUT2D eigenvalue weighted by molar-refractivity contribution is 7.17. The monoisotopic (exact) mass is 298 g/mol. The standard InChI is InChI=1S/C12H8F2N2O3S/c1-5(17)10-9(11(18)19)16-12(20-10)15-8-4-6(13)2-3-7(8)14/h2-4H,1H3,(H,15,16)(H,18,19). The lowest BCUT2D eigenvalue weighted by molar-refractivity contribution is 0.0687. The smallest absolute Gasteiger partial charge is 0.356 e. The van der Waals surface area contributed by atoms with Gasteiger partial charge < -0.3 is 10.4 Å². The Morgan fingerprint density at radius 2 is 2.05 bits per heavy atom. The highest BCUT2D eigenvalue weighted by Crippen LogP contribution is 2.28. The molecule has 20 heavy (non-hydrogen) atoms. The first-order valence-electron chi connectivity index (χ1n) is 5.35. The molecule has 1 aromatic heterocycles. The van der Waals surface area contributed by atoms with Crippen molar-refractivity contribution in [3.8, 4) is 0 Å². The number of nitrogens with one attached hydrogen (secondary N) is 1. The number of halogens is 2. The van der Waals surface area contributed by atoms with Crippen molar-refractivity contribution in [3.63, 3.8) is 0 Å². The number of carboxylic acids is 1. The van der Waals surface area contributed by atoms with Gasteiger partial charge in [-0.25, -0.2) is 18.6 Å². The fourth-order valence-electron chi connectivity index (χ4n) is 1.47. The van der Waals surface area contributed by atoms with Gasteiger partial charge >= 0.3 is 5.97 Å². The molecule has 0 aliphatic heterocycles. The van der Waals surface area contributed by atoms with E-state index in [2.05, 4.69) is 10.3 Å². The van der Waals surface area contributed by atoms with Gasteiger partial charge in [0.25, 0.3) is 0 Å². The Morgan fingerprint density at radius 1 is 1.35 bits per heavy atom. The molecule has 1 aromatic carbocycles. The van der Waals surface area contributed by atoms with Gasteiger partial charge in [0.1, 0.15) is 16.5 Å². The van der Waals surface area contributed by atoms with Crippen LogP contribution in [0, 0.1) is 11.6 Å². The van der Waals surface area contributed by atoms with Gasteiger partial charge in [0.2, 0.25) is 0 Å². The Kier molecular flexibility index (Phi) is 3.75. The third-order valence-corrected chi connectivity index (χ3v) is 3.39. The number of carbonyl (C=O) groups excluding carboxylic acids is 1. The molecule has 0 bridgehead atoms. The van der Waals surface area contributed by atoms with Gasteiger partial charge in [-0.1, -0.05) is 11.3 Å². The molecule has 0 aliphatic rings. The highest BCUT2D eigenvalue weighted by Gasteiger charge is 2.21. The Morgan fingerprint density at radius 3 is 2.60 bits per heavy atom. The fraction of sp³-hybridized carbons (Fsp3) is 0.0833. The van der Waals surface area contributed by atoms with Crippen molar-refractivity contribution in [2.75, 3.05) is 5.32 Å². The SMILES string of the molecule is CC(=O)c1sc(Nc2cc(F)ccc2F)nc1C(=O)O. The maximum atomic E-state index is 13.4. The number of aromatic carboxylic acids is 1. The molecule has 0 atom stereocenters. The van der Waals surface area contributed by atoms with Gasteiger partial charge in [-0.3, -0.25) is 4.79 Å². The Balaban J connectivity index is 2.39. The zero-order chi connectivity index (χ0) is 14.9. The van der Waals surface area contributed by atoms with Gasteiger partial charge in [0.15, 0.2) is 16.6 Å². The van der Waals surface area contributed by atoms with Gasteiger partial charge in [0.05, 0.1) is 5.69 Å². The highest BCUT2D eigenvalue weighted by atomic mass is 32.1. The number of ketones is 1. The summed E-state index contributed by atoms with van der Waals surface area (Å²) in [6, 6.07) is 2.78. The number of nitrogens with zero attached hydrogens (tertiary/aromatic N) is 1. The number of anilines is 2. The topological polar surface area (TPSA) is 79.3 Å². The van der Waals surface area contributed by atoms with E-state index in [0.717, 1.165) is 29.5 Å². The Hall–Kier alpha value is -2.35. The van der Waals surface area contributed by atoms with E-state index >= 15 is 0 Å². The Bertz CT molecular complexity index is 669. The molecule has 0 unspecified atom stereocenters. The molecule has 2 aromatic rings. The minimum absolute atomic E-state index is 0.00269. The molecule has 2 rings (SSSR count). The van der Waals surface area contributed by atoms with Gasteiger partial charge in [-0.15, -0.1) is 0 Å². The van der Waals surface area contributed by atoms with Crippen LogP contribution in [-0.2, 0) is 0 Å². The van der Waals surface area contributed by atoms with Crippen molar-refractivity contribution >= 4 is 33.9 Å². The first-order chi connectivity index (χ1) is 9.38. The van der Waals surface area contributed by atoms with Crippen LogP contribution in [0.2, 0.25) is 0 Å². The predicted molar refractivity (Wildman–Crippen MR) is 68.7 cm³/mol. The quantitative estimate of drug-likeness (QED) is 0.848. The normalized spacial score (nSPS) is 10.3. The van der Waals surface area contributed by atoms with Gasteiger partial charge in [-0.05, 0) is 12.1 Å². The molecule has 0 spiro atoms. The molecule has 0 amide bonds. The van der Waals surface area contributed by atoms with E-state index in [9.17, 15) is 18.4 Å². The molecular weight excluding hydrogens is 290 g/mol. The first kappa shape index (κ1) is 14.1. The number of hydrogen-bond acceptors (Lipinski definition) is 5. The molecular formula is C12H8F2N2O3S. The van der Waals surface area contributed by atoms with Crippen LogP contribution in [0.15, 0.2) is 18.2 Å². The summed E-state index contributed by atoms with van der Waals surface area (Å²) in [4.78, 5) is 25.9. The molecule has 0 radical (unpaired) electrons. The number of hydrogen-bond donors (Lipinski definition) is 2. The summed E-state index contributed by atoms with van der Waals surface area (Å²) in [6.45, 7) is 1.20. The molecule has 2 N–H and O–H groups in total. The van der Waals surface area contributed by atoms with Gasteiger partial charge in [0, 0.05) is 13.0 Å². The fourth-order valence-corrected chi connectivity index (χ4v) is 2.33. The number of rotatable bonds is 4. The van der Waals surface area contributed by atoms with Crippen molar-refractivity contribution in [1.82, 2.24) is 4.98 Å². The third kappa shape index (κ3) is 2.80. The largest absolute Gasteiger partial charge is 0.476 e. The van der Waals surface area contributed by atoms with Crippen molar-refractivity contribution < 1.29 is 23.5 Å². The molecule has 8 heteroatoms. The molecule has 1 heterocycles. The summed E-state index contributed by atoms with van der Waals surface area (Å²) in [5, 5.41) is 11.4. The maximum Gasteiger partial charge on any atom is 0.356 e. The van der Waals surface area contributed by atoms with E-state index < -0.39 is 29.1 Å². The molecule has 0 aliphatic carbocycles. The summed E-state index contributed by atoms with van der Waals surface area (Å²) in [5.74, 6) is -3.20. The summed E-state index contributed by atoms with van der Waals surface area (Å²) in [5.41, 5.74) is -0.604. The van der Waals surface area contributed by atoms with Crippen LogP contribution in [0.3, 0.4) is 0 Å². The second-order valence-corrected chi connectivity index (χ2v) is 4.81. The average molecular weight is 298 g/mol. The van der Waals surface area contributed by atoms with Crippen molar-refractivity contribution in [2.24, 2.45) is 0 Å². The van der Waals surface area contributed by atoms with Crippen molar-refractivity contribution in [2.45, 2.75) is 6.92 Å². The molecule has 0 saturated carbocycles. The maximum absolute atomic E-state index is 13.4. The number of thiazole rings is 1. The van der Waals surface area contributed by atoms with E-state index in [4.69, 9.17) is 5.11 Å². The van der Waals surface area contributed by atoms with E-state index in [0.29, 0.717) is 0 Å². The zero-order valence-corrected chi connectivity index (χ0v) is 10.9. The zero-order valence-electron chi connectivity index (χ0n) is 10.1.